The third-order valence-electron chi connectivity index (χ3n) is 3.23. The van der Waals surface area contributed by atoms with Crippen molar-refractivity contribution in [2.45, 2.75) is 33.1 Å². The molecule has 0 atom stereocenters. The number of nitrogens with two attached hydrogens (primary N) is 1. The molecule has 2 nitrogen and oxygen atoms in total. The molecule has 0 bridgehead atoms. The molecule has 0 fully saturated rings. The topological polar surface area (TPSA) is 41.8 Å². The first kappa shape index (κ1) is 11.2. The molecule has 0 aliphatic heterocycles. The summed E-state index contributed by atoms with van der Waals surface area (Å²) in [5.74, 6) is 0. The van der Waals surface area contributed by atoms with Crippen molar-refractivity contribution in [3.8, 4) is 0 Å². The van der Waals surface area contributed by atoms with Crippen LogP contribution in [0.3, 0.4) is 0 Å². The summed E-state index contributed by atoms with van der Waals surface area (Å²) < 4.78 is 0. The number of aromatic amines is 1. The van der Waals surface area contributed by atoms with E-state index in [1.165, 1.54) is 34.1 Å². The van der Waals surface area contributed by atoms with Crippen LogP contribution in [0.4, 0.5) is 0 Å². The smallest absolute Gasteiger partial charge is 0.0461 e. The summed E-state index contributed by atoms with van der Waals surface area (Å²) in [5, 5.41) is 1.41. The molecule has 0 aliphatic rings. The van der Waals surface area contributed by atoms with Gasteiger partial charge in [-0.25, -0.2) is 0 Å². The van der Waals surface area contributed by atoms with E-state index >= 15 is 0 Å². The van der Waals surface area contributed by atoms with Crippen LogP contribution >= 0.6 is 0 Å². The Labute approximate surface area is 96.9 Å². The fourth-order valence-electron chi connectivity index (χ4n) is 2.40. The van der Waals surface area contributed by atoms with Crippen LogP contribution in [-0.2, 0) is 6.42 Å². The molecule has 86 valence electrons. The van der Waals surface area contributed by atoms with E-state index in [1.54, 1.807) is 0 Å². The monoisotopic (exact) mass is 216 g/mol. The molecule has 2 rings (SSSR count). The van der Waals surface area contributed by atoms with Gasteiger partial charge in [0.25, 0.3) is 0 Å². The maximum Gasteiger partial charge on any atom is 0.0461 e. The molecule has 0 amide bonds. The highest BCUT2D eigenvalue weighted by Gasteiger charge is 2.09. The summed E-state index contributed by atoms with van der Waals surface area (Å²) in [5.41, 5.74) is 11.0. The number of rotatable bonds is 4. The fourth-order valence-corrected chi connectivity index (χ4v) is 2.40. The molecule has 1 aromatic heterocycles. The predicted molar refractivity (Wildman–Crippen MR) is 69.8 cm³/mol. The van der Waals surface area contributed by atoms with Gasteiger partial charge in [0.2, 0.25) is 0 Å². The predicted octanol–water partition coefficient (Wildman–Crippen LogP) is 3.07. The number of nitrogens with one attached hydrogen (secondary N) is 1. The number of benzene rings is 1. The summed E-state index contributed by atoms with van der Waals surface area (Å²) in [6, 6.07) is 6.45. The molecule has 0 spiro atoms. The molecular formula is C14H20N2. The van der Waals surface area contributed by atoms with Gasteiger partial charge in [-0.15, -0.1) is 0 Å². The Morgan fingerprint density at radius 2 is 2.00 bits per heavy atom. The summed E-state index contributed by atoms with van der Waals surface area (Å²) in [7, 11) is 0. The van der Waals surface area contributed by atoms with Crippen molar-refractivity contribution in [3.05, 3.63) is 35.0 Å². The van der Waals surface area contributed by atoms with Gasteiger partial charge >= 0.3 is 0 Å². The van der Waals surface area contributed by atoms with Gasteiger partial charge in [-0.1, -0.05) is 12.1 Å². The van der Waals surface area contributed by atoms with Crippen molar-refractivity contribution >= 4 is 10.9 Å². The van der Waals surface area contributed by atoms with E-state index in [4.69, 9.17) is 5.73 Å². The van der Waals surface area contributed by atoms with Gasteiger partial charge < -0.3 is 10.7 Å². The van der Waals surface area contributed by atoms with E-state index in [0.29, 0.717) is 0 Å². The first-order chi connectivity index (χ1) is 7.74. The third-order valence-corrected chi connectivity index (χ3v) is 3.23. The molecule has 0 saturated heterocycles. The van der Waals surface area contributed by atoms with Gasteiger partial charge in [-0.3, -0.25) is 0 Å². The largest absolute Gasteiger partial charge is 0.358 e. The molecule has 16 heavy (non-hydrogen) atoms. The lowest BCUT2D eigenvalue weighted by Gasteiger charge is -2.03. The minimum Gasteiger partial charge on any atom is -0.358 e. The van der Waals surface area contributed by atoms with E-state index < -0.39 is 0 Å². The second-order valence-corrected chi connectivity index (χ2v) is 4.47. The van der Waals surface area contributed by atoms with Gasteiger partial charge in [-0.2, -0.15) is 0 Å². The zero-order chi connectivity index (χ0) is 11.5. The van der Waals surface area contributed by atoms with Crippen molar-refractivity contribution in [3.63, 3.8) is 0 Å². The normalized spacial score (nSPS) is 11.2. The summed E-state index contributed by atoms with van der Waals surface area (Å²) in [6.07, 6.45) is 3.42. The number of fused-ring (bicyclic) bond motifs is 1. The Morgan fingerprint density at radius 3 is 2.75 bits per heavy atom. The van der Waals surface area contributed by atoms with Crippen molar-refractivity contribution in [1.29, 1.82) is 0 Å². The van der Waals surface area contributed by atoms with Gasteiger partial charge in [0, 0.05) is 16.6 Å². The van der Waals surface area contributed by atoms with Crippen molar-refractivity contribution in [1.82, 2.24) is 4.98 Å². The number of aryl methyl sites for hydroxylation is 3. The van der Waals surface area contributed by atoms with Crippen molar-refractivity contribution in [2.24, 2.45) is 5.73 Å². The van der Waals surface area contributed by atoms with Crippen molar-refractivity contribution < 1.29 is 0 Å². The number of H-pyrrole nitrogens is 1. The average Bonchev–Trinajstić information content (AvgIpc) is 2.57. The van der Waals surface area contributed by atoms with E-state index in [0.717, 1.165) is 19.4 Å². The van der Waals surface area contributed by atoms with Crippen LogP contribution in [0, 0.1) is 13.8 Å². The van der Waals surface area contributed by atoms with E-state index in [-0.39, 0.29) is 0 Å². The van der Waals surface area contributed by atoms with Gasteiger partial charge in [-0.05, 0) is 56.8 Å². The molecule has 0 saturated carbocycles. The second-order valence-electron chi connectivity index (χ2n) is 4.47. The minimum absolute atomic E-state index is 0.792. The van der Waals surface area contributed by atoms with Crippen LogP contribution < -0.4 is 5.73 Å². The summed E-state index contributed by atoms with van der Waals surface area (Å²) >= 11 is 0. The standard InChI is InChI=1S/C14H20N2/c1-10-6-5-8-13-14(10)12(11(2)16-13)7-3-4-9-15/h5-6,8,16H,3-4,7,9,15H2,1-2H3. The maximum atomic E-state index is 5.54. The third kappa shape index (κ3) is 1.98. The lowest BCUT2D eigenvalue weighted by molar-refractivity contribution is 0.744. The Hall–Kier alpha value is -1.28. The lowest BCUT2D eigenvalue weighted by Crippen LogP contribution is -1.99. The Morgan fingerprint density at radius 1 is 1.19 bits per heavy atom. The van der Waals surface area contributed by atoms with Gasteiger partial charge in [0.15, 0.2) is 0 Å². The van der Waals surface area contributed by atoms with Crippen LogP contribution in [0.1, 0.15) is 29.7 Å². The summed E-state index contributed by atoms with van der Waals surface area (Å²) in [6.45, 7) is 5.14. The fraction of sp³-hybridized carbons (Fsp3) is 0.429. The first-order valence-corrected chi connectivity index (χ1v) is 6.01. The average molecular weight is 216 g/mol. The van der Waals surface area contributed by atoms with Crippen molar-refractivity contribution in [2.75, 3.05) is 6.54 Å². The molecule has 2 heteroatoms. The molecule has 1 heterocycles. The van der Waals surface area contributed by atoms with E-state index in [1.807, 2.05) is 0 Å². The molecule has 2 aromatic rings. The molecule has 1 aromatic carbocycles. The molecule has 0 radical (unpaired) electrons. The highest BCUT2D eigenvalue weighted by Crippen LogP contribution is 2.26. The number of hydrogen-bond acceptors (Lipinski definition) is 1. The highest BCUT2D eigenvalue weighted by molar-refractivity contribution is 5.87. The first-order valence-electron chi connectivity index (χ1n) is 6.01. The SMILES string of the molecule is Cc1[nH]c2cccc(C)c2c1CCCCN. The Balaban J connectivity index is 2.38. The number of aromatic nitrogens is 1. The maximum absolute atomic E-state index is 5.54. The van der Waals surface area contributed by atoms with E-state index in [2.05, 4.69) is 37.0 Å². The zero-order valence-corrected chi connectivity index (χ0v) is 10.1. The van der Waals surface area contributed by atoms with Crippen LogP contribution in [0.2, 0.25) is 0 Å². The quantitative estimate of drug-likeness (QED) is 0.758. The van der Waals surface area contributed by atoms with Gasteiger partial charge in [0.05, 0.1) is 0 Å². The van der Waals surface area contributed by atoms with Crippen LogP contribution in [0.15, 0.2) is 18.2 Å². The number of unbranched alkanes of at least 4 members (excludes halogenated alkanes) is 1. The lowest BCUT2D eigenvalue weighted by atomic mass is 10.0. The van der Waals surface area contributed by atoms with Crippen LogP contribution in [0.5, 0.6) is 0 Å². The van der Waals surface area contributed by atoms with Gasteiger partial charge in [0.1, 0.15) is 0 Å². The zero-order valence-electron chi connectivity index (χ0n) is 10.1. The summed E-state index contributed by atoms with van der Waals surface area (Å²) in [4.78, 5) is 3.46. The molecular weight excluding hydrogens is 196 g/mol. The minimum atomic E-state index is 0.792. The molecule has 3 N–H and O–H groups in total. The number of hydrogen-bond donors (Lipinski definition) is 2. The second kappa shape index (κ2) is 4.71. The molecule has 0 unspecified atom stereocenters. The Kier molecular flexibility index (Phi) is 3.30. The Bertz CT molecular complexity index is 483. The highest BCUT2D eigenvalue weighted by atomic mass is 14.7. The molecule has 0 aliphatic carbocycles. The van der Waals surface area contributed by atoms with E-state index in [9.17, 15) is 0 Å². The van der Waals surface area contributed by atoms with Crippen LogP contribution in [-0.4, -0.2) is 11.5 Å². The van der Waals surface area contributed by atoms with Crippen LogP contribution in [0.25, 0.3) is 10.9 Å².